The molecule has 2 rings (SSSR count). The monoisotopic (exact) mass is 334 g/mol. The van der Waals surface area contributed by atoms with Crippen LogP contribution in [0.5, 0.6) is 0 Å². The number of nitrogens with one attached hydrogen (secondary N) is 1. The van der Waals surface area contributed by atoms with Crippen LogP contribution in [-0.2, 0) is 0 Å². The van der Waals surface area contributed by atoms with E-state index in [0.717, 1.165) is 38.2 Å². The highest BCUT2D eigenvalue weighted by Crippen LogP contribution is 2.30. The van der Waals surface area contributed by atoms with Gasteiger partial charge in [-0.05, 0) is 43.5 Å². The quantitative estimate of drug-likeness (QED) is 0.840. The fraction of sp³-hybridized carbons (Fsp3) is 0.500. The summed E-state index contributed by atoms with van der Waals surface area (Å²) in [6, 6.07) is 5.44. The summed E-state index contributed by atoms with van der Waals surface area (Å²) < 4.78 is 13.3. The molecule has 1 N–H and O–H groups in total. The summed E-state index contributed by atoms with van der Waals surface area (Å²) in [4.78, 5) is 2.48. The summed E-state index contributed by atoms with van der Waals surface area (Å²) >= 11 is 0. The Hall–Kier alpha value is -0.610. The summed E-state index contributed by atoms with van der Waals surface area (Å²) in [6.45, 7) is 12.2. The van der Waals surface area contributed by atoms with Gasteiger partial charge in [-0.2, -0.15) is 0 Å². The highest BCUT2D eigenvalue weighted by Gasteiger charge is 2.23. The standard InChI is InChI=1S/C16H23FN2.2ClH/c1-12(2)10-16(19-8-6-18-7-9-19)15-5-4-14(17)11-13(15)3;;/h4-5,11,16,18H,1,6-10H2,2-3H3;2*1H/t16-;;/m1../s1. The number of halogens is 3. The molecule has 5 heteroatoms. The van der Waals surface area contributed by atoms with Gasteiger partial charge in [0.05, 0.1) is 0 Å². The number of rotatable bonds is 4. The van der Waals surface area contributed by atoms with Gasteiger partial charge in [0.15, 0.2) is 0 Å². The minimum Gasteiger partial charge on any atom is -0.314 e. The van der Waals surface area contributed by atoms with Crippen molar-refractivity contribution in [1.82, 2.24) is 10.2 Å². The Labute approximate surface area is 139 Å². The second kappa shape index (κ2) is 9.42. The van der Waals surface area contributed by atoms with E-state index in [4.69, 9.17) is 0 Å². The Morgan fingerprint density at radius 2 is 1.95 bits per heavy atom. The molecular weight excluding hydrogens is 310 g/mol. The lowest BCUT2D eigenvalue weighted by Gasteiger charge is -2.36. The Morgan fingerprint density at radius 1 is 1.33 bits per heavy atom. The van der Waals surface area contributed by atoms with Crippen LogP contribution in [0.4, 0.5) is 4.39 Å². The van der Waals surface area contributed by atoms with E-state index in [2.05, 4.69) is 23.7 Å². The first-order valence-corrected chi connectivity index (χ1v) is 6.93. The number of nitrogens with zero attached hydrogens (tertiary/aromatic N) is 1. The molecule has 0 aliphatic carbocycles. The Kier molecular flexibility index (Phi) is 9.14. The van der Waals surface area contributed by atoms with E-state index >= 15 is 0 Å². The van der Waals surface area contributed by atoms with Crippen molar-refractivity contribution in [2.45, 2.75) is 26.3 Å². The Morgan fingerprint density at radius 3 is 2.48 bits per heavy atom. The molecule has 1 aromatic carbocycles. The minimum absolute atomic E-state index is 0. The van der Waals surface area contributed by atoms with Crippen molar-refractivity contribution < 1.29 is 4.39 Å². The van der Waals surface area contributed by atoms with Crippen molar-refractivity contribution in [1.29, 1.82) is 0 Å². The van der Waals surface area contributed by atoms with Gasteiger partial charge in [0.25, 0.3) is 0 Å². The Bertz CT molecular complexity index is 460. The van der Waals surface area contributed by atoms with Crippen LogP contribution in [0.3, 0.4) is 0 Å². The molecular formula is C16H25Cl2FN2. The molecule has 120 valence electrons. The van der Waals surface area contributed by atoms with Gasteiger partial charge in [0.2, 0.25) is 0 Å². The third kappa shape index (κ3) is 5.59. The lowest BCUT2D eigenvalue weighted by atomic mass is 9.94. The van der Waals surface area contributed by atoms with Crippen LogP contribution >= 0.6 is 24.8 Å². The molecule has 0 bridgehead atoms. The summed E-state index contributed by atoms with van der Waals surface area (Å²) in [5.41, 5.74) is 3.43. The lowest BCUT2D eigenvalue weighted by Crippen LogP contribution is -2.45. The van der Waals surface area contributed by atoms with Crippen molar-refractivity contribution in [3.05, 3.63) is 47.3 Å². The van der Waals surface area contributed by atoms with Gasteiger partial charge in [-0.3, -0.25) is 4.90 Å². The van der Waals surface area contributed by atoms with Crippen molar-refractivity contribution >= 4 is 24.8 Å². The molecule has 2 nitrogen and oxygen atoms in total. The predicted molar refractivity (Wildman–Crippen MR) is 92.2 cm³/mol. The minimum atomic E-state index is -0.157. The summed E-state index contributed by atoms with van der Waals surface area (Å²) in [5.74, 6) is -0.157. The van der Waals surface area contributed by atoms with Gasteiger partial charge >= 0.3 is 0 Å². The van der Waals surface area contributed by atoms with Crippen LogP contribution < -0.4 is 5.32 Å². The second-order valence-electron chi connectivity index (χ2n) is 5.46. The van der Waals surface area contributed by atoms with Gasteiger partial charge in [-0.1, -0.05) is 11.6 Å². The molecule has 0 amide bonds. The van der Waals surface area contributed by atoms with Crippen LogP contribution in [0, 0.1) is 12.7 Å². The smallest absolute Gasteiger partial charge is 0.123 e. The fourth-order valence-electron chi connectivity index (χ4n) is 2.77. The van der Waals surface area contributed by atoms with E-state index in [9.17, 15) is 4.39 Å². The molecule has 0 saturated carbocycles. The maximum atomic E-state index is 13.3. The largest absolute Gasteiger partial charge is 0.314 e. The van der Waals surface area contributed by atoms with Crippen molar-refractivity contribution in [2.24, 2.45) is 0 Å². The van der Waals surface area contributed by atoms with Crippen LogP contribution in [0.2, 0.25) is 0 Å². The van der Waals surface area contributed by atoms with E-state index in [1.165, 1.54) is 11.1 Å². The molecule has 21 heavy (non-hydrogen) atoms. The van der Waals surface area contributed by atoms with E-state index in [-0.39, 0.29) is 30.6 Å². The van der Waals surface area contributed by atoms with Crippen LogP contribution in [0.1, 0.15) is 30.5 Å². The zero-order valence-electron chi connectivity index (χ0n) is 12.7. The van der Waals surface area contributed by atoms with Gasteiger partial charge in [0, 0.05) is 32.2 Å². The summed E-state index contributed by atoms with van der Waals surface area (Å²) in [6.07, 6.45) is 0.937. The number of hydrogen-bond acceptors (Lipinski definition) is 2. The predicted octanol–water partition coefficient (Wildman–Crippen LogP) is 3.89. The summed E-state index contributed by atoms with van der Waals surface area (Å²) in [5, 5.41) is 3.37. The average molecular weight is 335 g/mol. The molecule has 1 aliphatic rings. The van der Waals surface area contributed by atoms with E-state index in [0.29, 0.717) is 6.04 Å². The van der Waals surface area contributed by atoms with E-state index in [1.807, 2.05) is 13.0 Å². The van der Waals surface area contributed by atoms with E-state index in [1.54, 1.807) is 12.1 Å². The molecule has 0 aromatic heterocycles. The first kappa shape index (κ1) is 20.4. The molecule has 1 heterocycles. The molecule has 0 spiro atoms. The molecule has 1 fully saturated rings. The lowest BCUT2D eigenvalue weighted by molar-refractivity contribution is 0.172. The van der Waals surface area contributed by atoms with Crippen molar-refractivity contribution in [2.75, 3.05) is 26.2 Å². The zero-order chi connectivity index (χ0) is 13.8. The molecule has 1 aromatic rings. The van der Waals surface area contributed by atoms with E-state index < -0.39 is 0 Å². The third-order valence-electron chi connectivity index (χ3n) is 3.73. The topological polar surface area (TPSA) is 15.3 Å². The van der Waals surface area contributed by atoms with Gasteiger partial charge in [-0.15, -0.1) is 31.4 Å². The van der Waals surface area contributed by atoms with Crippen molar-refractivity contribution in [3.63, 3.8) is 0 Å². The van der Waals surface area contributed by atoms with Gasteiger partial charge in [0.1, 0.15) is 5.82 Å². The van der Waals surface area contributed by atoms with Gasteiger partial charge in [-0.25, -0.2) is 4.39 Å². The Balaban J connectivity index is 0.00000200. The fourth-order valence-corrected chi connectivity index (χ4v) is 2.77. The molecule has 0 radical (unpaired) electrons. The van der Waals surface area contributed by atoms with Crippen molar-refractivity contribution in [3.8, 4) is 0 Å². The van der Waals surface area contributed by atoms with Crippen LogP contribution in [0.25, 0.3) is 0 Å². The molecule has 1 atom stereocenters. The highest BCUT2D eigenvalue weighted by atomic mass is 35.5. The SMILES string of the molecule is C=C(C)C[C@H](c1ccc(F)cc1C)N1CCNCC1.Cl.Cl. The van der Waals surface area contributed by atoms with Crippen LogP contribution in [0.15, 0.2) is 30.4 Å². The maximum absolute atomic E-state index is 13.3. The number of benzene rings is 1. The third-order valence-corrected chi connectivity index (χ3v) is 3.73. The molecule has 1 aliphatic heterocycles. The average Bonchev–Trinajstić information content (AvgIpc) is 2.37. The number of aryl methyl sites for hydroxylation is 1. The normalized spacial score (nSPS) is 16.5. The van der Waals surface area contributed by atoms with Gasteiger partial charge < -0.3 is 5.32 Å². The second-order valence-corrected chi connectivity index (χ2v) is 5.46. The summed E-state index contributed by atoms with van der Waals surface area (Å²) in [7, 11) is 0. The van der Waals surface area contributed by atoms with Crippen LogP contribution in [-0.4, -0.2) is 31.1 Å². The highest BCUT2D eigenvalue weighted by molar-refractivity contribution is 5.85. The zero-order valence-corrected chi connectivity index (χ0v) is 14.3. The number of hydrogen-bond donors (Lipinski definition) is 1. The molecule has 1 saturated heterocycles. The first-order chi connectivity index (χ1) is 9.08. The maximum Gasteiger partial charge on any atom is 0.123 e. The molecule has 0 unspecified atom stereocenters. The number of piperazine rings is 1. The first-order valence-electron chi connectivity index (χ1n) is 6.93.